The van der Waals surface area contributed by atoms with E-state index < -0.39 is 11.9 Å². The van der Waals surface area contributed by atoms with Crippen LogP contribution in [0.25, 0.3) is 0 Å². The van der Waals surface area contributed by atoms with Gasteiger partial charge in [0.2, 0.25) is 5.91 Å². The highest BCUT2D eigenvalue weighted by atomic mass is 16.1. The molecule has 4 N–H and O–H groups in total. The van der Waals surface area contributed by atoms with Crippen LogP contribution >= 0.6 is 0 Å². The summed E-state index contributed by atoms with van der Waals surface area (Å²) in [5.74, 6) is -0.402. The van der Waals surface area contributed by atoms with Gasteiger partial charge in [0.1, 0.15) is 0 Å². The summed E-state index contributed by atoms with van der Waals surface area (Å²) in [5.41, 5.74) is 10.8. The minimum atomic E-state index is -0.500. The lowest BCUT2D eigenvalue weighted by molar-refractivity contribution is -0.119. The van der Waals surface area contributed by atoms with Crippen molar-refractivity contribution < 1.29 is 4.79 Å². The lowest BCUT2D eigenvalue weighted by Gasteiger charge is -2.36. The molecule has 1 heterocycles. The monoisotopic (exact) mass is 228 g/mol. The van der Waals surface area contributed by atoms with E-state index in [1.54, 1.807) is 0 Å². The van der Waals surface area contributed by atoms with E-state index in [9.17, 15) is 4.79 Å². The topological polar surface area (TPSA) is 75.6 Å². The van der Waals surface area contributed by atoms with Gasteiger partial charge < -0.3 is 21.3 Å². The molecule has 1 aliphatic rings. The molecule has 2 atom stereocenters. The first-order valence-corrected chi connectivity index (χ1v) is 5.94. The molecule has 2 unspecified atom stereocenters. The third-order valence-corrected chi connectivity index (χ3v) is 3.33. The van der Waals surface area contributed by atoms with Gasteiger partial charge in [-0.25, -0.2) is 0 Å². The number of rotatable bonds is 5. The fraction of sp³-hybridized carbons (Fsp3) is 0.909. The zero-order chi connectivity index (χ0) is 12.1. The first-order chi connectivity index (χ1) is 7.50. The quantitative estimate of drug-likeness (QED) is 0.647. The SMILES string of the molecule is CN(C)C1CCCN(CCC(N)C(N)=O)C1. The summed E-state index contributed by atoms with van der Waals surface area (Å²) < 4.78 is 0. The van der Waals surface area contributed by atoms with Gasteiger partial charge in [-0.2, -0.15) is 0 Å². The molecule has 0 spiro atoms. The molecule has 5 heteroatoms. The Bertz CT molecular complexity index is 232. The van der Waals surface area contributed by atoms with Crippen LogP contribution in [0.2, 0.25) is 0 Å². The van der Waals surface area contributed by atoms with Gasteiger partial charge in [0, 0.05) is 19.1 Å². The van der Waals surface area contributed by atoms with Crippen LogP contribution in [0.4, 0.5) is 0 Å². The van der Waals surface area contributed by atoms with Gasteiger partial charge in [-0.3, -0.25) is 4.79 Å². The average Bonchev–Trinajstić information content (AvgIpc) is 2.26. The number of primary amides is 1. The molecule has 0 aromatic heterocycles. The highest BCUT2D eigenvalue weighted by molar-refractivity contribution is 5.79. The molecular formula is C11H24N4O. The van der Waals surface area contributed by atoms with E-state index in [-0.39, 0.29) is 0 Å². The minimum Gasteiger partial charge on any atom is -0.368 e. The molecule has 1 amide bonds. The standard InChI is InChI=1S/C11H24N4O/c1-14(2)9-4-3-6-15(8-9)7-5-10(12)11(13)16/h9-10H,3-8,12H2,1-2H3,(H2,13,16). The number of amides is 1. The number of likely N-dealkylation sites (tertiary alicyclic amines) is 1. The molecule has 1 fully saturated rings. The second-order valence-electron chi connectivity index (χ2n) is 4.86. The van der Waals surface area contributed by atoms with Gasteiger partial charge in [-0.05, 0) is 39.9 Å². The maximum absolute atomic E-state index is 10.8. The highest BCUT2D eigenvalue weighted by Gasteiger charge is 2.21. The van der Waals surface area contributed by atoms with Crippen molar-refractivity contribution in [3.05, 3.63) is 0 Å². The Labute approximate surface area is 97.7 Å². The Morgan fingerprint density at radius 3 is 2.81 bits per heavy atom. The van der Waals surface area contributed by atoms with E-state index in [0.29, 0.717) is 12.5 Å². The van der Waals surface area contributed by atoms with Crippen molar-refractivity contribution in [3.63, 3.8) is 0 Å². The van der Waals surface area contributed by atoms with E-state index in [1.165, 1.54) is 12.8 Å². The van der Waals surface area contributed by atoms with Crippen molar-refractivity contribution in [2.24, 2.45) is 11.5 Å². The predicted molar refractivity (Wildman–Crippen MR) is 64.9 cm³/mol. The maximum Gasteiger partial charge on any atom is 0.234 e. The van der Waals surface area contributed by atoms with E-state index in [0.717, 1.165) is 19.6 Å². The van der Waals surface area contributed by atoms with Crippen LogP contribution in [0, 0.1) is 0 Å². The number of hydrogen-bond donors (Lipinski definition) is 2. The predicted octanol–water partition coefficient (Wildman–Crippen LogP) is -0.785. The molecule has 94 valence electrons. The molecular weight excluding hydrogens is 204 g/mol. The molecule has 1 saturated heterocycles. The van der Waals surface area contributed by atoms with Gasteiger partial charge in [0.25, 0.3) is 0 Å². The van der Waals surface area contributed by atoms with Crippen LogP contribution < -0.4 is 11.5 Å². The minimum absolute atomic E-state index is 0.402. The molecule has 0 aliphatic carbocycles. The second-order valence-corrected chi connectivity index (χ2v) is 4.86. The summed E-state index contributed by atoms with van der Waals surface area (Å²) in [6.45, 7) is 3.04. The first-order valence-electron chi connectivity index (χ1n) is 5.94. The Hall–Kier alpha value is -0.650. The van der Waals surface area contributed by atoms with Gasteiger partial charge in [-0.1, -0.05) is 0 Å². The summed E-state index contributed by atoms with van der Waals surface area (Å²) in [4.78, 5) is 15.5. The maximum atomic E-state index is 10.8. The van der Waals surface area contributed by atoms with Crippen LogP contribution in [0.3, 0.4) is 0 Å². The third-order valence-electron chi connectivity index (χ3n) is 3.33. The van der Waals surface area contributed by atoms with Crippen LogP contribution in [-0.2, 0) is 4.79 Å². The fourth-order valence-corrected chi connectivity index (χ4v) is 2.12. The summed E-state index contributed by atoms with van der Waals surface area (Å²) in [6, 6.07) is 0.123. The summed E-state index contributed by atoms with van der Waals surface area (Å²) in [5, 5.41) is 0. The Morgan fingerprint density at radius 1 is 1.56 bits per heavy atom. The zero-order valence-corrected chi connectivity index (χ0v) is 10.4. The molecule has 0 radical (unpaired) electrons. The summed E-state index contributed by atoms with van der Waals surface area (Å²) in [7, 11) is 4.23. The van der Waals surface area contributed by atoms with Gasteiger partial charge in [0.05, 0.1) is 6.04 Å². The van der Waals surface area contributed by atoms with Gasteiger partial charge in [0.15, 0.2) is 0 Å². The Balaban J connectivity index is 2.29. The third kappa shape index (κ3) is 4.08. The van der Waals surface area contributed by atoms with Crippen LogP contribution in [0.5, 0.6) is 0 Å². The van der Waals surface area contributed by atoms with Crippen LogP contribution in [0.15, 0.2) is 0 Å². The number of likely N-dealkylation sites (N-methyl/N-ethyl adjacent to an activating group) is 1. The summed E-state index contributed by atoms with van der Waals surface area (Å²) >= 11 is 0. The number of hydrogen-bond acceptors (Lipinski definition) is 4. The number of nitrogens with two attached hydrogens (primary N) is 2. The van der Waals surface area contributed by atoms with Crippen molar-refractivity contribution in [1.82, 2.24) is 9.80 Å². The lowest BCUT2D eigenvalue weighted by Crippen LogP contribution is -2.47. The Morgan fingerprint density at radius 2 is 2.25 bits per heavy atom. The summed E-state index contributed by atoms with van der Waals surface area (Å²) in [6.07, 6.45) is 3.13. The zero-order valence-electron chi connectivity index (χ0n) is 10.4. The van der Waals surface area contributed by atoms with E-state index in [2.05, 4.69) is 23.9 Å². The van der Waals surface area contributed by atoms with E-state index in [4.69, 9.17) is 11.5 Å². The van der Waals surface area contributed by atoms with Crippen molar-refractivity contribution in [3.8, 4) is 0 Å². The average molecular weight is 228 g/mol. The number of nitrogens with zero attached hydrogens (tertiary/aromatic N) is 2. The van der Waals surface area contributed by atoms with Gasteiger partial charge in [-0.15, -0.1) is 0 Å². The molecule has 1 aliphatic heterocycles. The highest BCUT2D eigenvalue weighted by Crippen LogP contribution is 2.13. The van der Waals surface area contributed by atoms with Crippen molar-refractivity contribution in [2.75, 3.05) is 33.7 Å². The van der Waals surface area contributed by atoms with E-state index in [1.807, 2.05) is 0 Å². The molecule has 5 nitrogen and oxygen atoms in total. The first kappa shape index (κ1) is 13.4. The number of carbonyl (C=O) groups excluding carboxylic acids is 1. The largest absolute Gasteiger partial charge is 0.368 e. The molecule has 0 aromatic rings. The number of carbonyl (C=O) groups is 1. The molecule has 1 rings (SSSR count). The van der Waals surface area contributed by atoms with Crippen molar-refractivity contribution in [1.29, 1.82) is 0 Å². The second kappa shape index (κ2) is 6.18. The molecule has 0 saturated carbocycles. The molecule has 0 bridgehead atoms. The van der Waals surface area contributed by atoms with Crippen molar-refractivity contribution in [2.45, 2.75) is 31.3 Å². The molecule has 0 aromatic carbocycles. The van der Waals surface area contributed by atoms with Crippen LogP contribution in [-0.4, -0.2) is 61.5 Å². The molecule has 16 heavy (non-hydrogen) atoms. The van der Waals surface area contributed by atoms with Gasteiger partial charge >= 0.3 is 0 Å². The lowest BCUT2D eigenvalue weighted by atomic mass is 10.0. The van der Waals surface area contributed by atoms with Crippen molar-refractivity contribution >= 4 is 5.91 Å². The normalized spacial score (nSPS) is 24.6. The smallest absolute Gasteiger partial charge is 0.234 e. The Kier molecular flexibility index (Phi) is 5.18. The van der Waals surface area contributed by atoms with E-state index >= 15 is 0 Å². The number of piperidine rings is 1. The fourth-order valence-electron chi connectivity index (χ4n) is 2.12. The van der Waals surface area contributed by atoms with Crippen LogP contribution in [0.1, 0.15) is 19.3 Å².